The zero-order valence-corrected chi connectivity index (χ0v) is 8.53. The van der Waals surface area contributed by atoms with Gasteiger partial charge in [0.1, 0.15) is 11.4 Å². The second-order valence-corrected chi connectivity index (χ2v) is 2.76. The number of carbonyl (C=O) groups is 1. The van der Waals surface area contributed by atoms with Gasteiger partial charge in [-0.2, -0.15) is 0 Å². The molecule has 1 heterocycles. The van der Waals surface area contributed by atoms with Gasteiger partial charge in [-0.1, -0.05) is 0 Å². The molecular formula is C10H13NO3. The zero-order valence-electron chi connectivity index (χ0n) is 8.53. The maximum atomic E-state index is 11.3. The van der Waals surface area contributed by atoms with Crippen LogP contribution in [0.2, 0.25) is 0 Å². The van der Waals surface area contributed by atoms with Gasteiger partial charge < -0.3 is 9.47 Å². The molecule has 0 unspecified atom stereocenters. The number of hydrogen-bond acceptors (Lipinski definition) is 4. The molecule has 1 rings (SSSR count). The Bertz CT molecular complexity index is 336. The third kappa shape index (κ3) is 2.22. The van der Waals surface area contributed by atoms with E-state index in [-0.39, 0.29) is 0 Å². The Kier molecular flexibility index (Phi) is 3.45. The van der Waals surface area contributed by atoms with Crippen molar-refractivity contribution >= 4 is 5.97 Å². The Morgan fingerprint density at radius 1 is 1.57 bits per heavy atom. The number of aromatic nitrogens is 1. The summed E-state index contributed by atoms with van der Waals surface area (Å²) in [4.78, 5) is 15.2. The van der Waals surface area contributed by atoms with E-state index in [9.17, 15) is 4.79 Å². The van der Waals surface area contributed by atoms with E-state index >= 15 is 0 Å². The molecule has 0 fully saturated rings. The summed E-state index contributed by atoms with van der Waals surface area (Å²) in [7, 11) is 1.56. The SMILES string of the molecule is CCOC(=O)c1cc(C)c(OC)cn1. The molecule has 0 spiro atoms. The number of methoxy groups -OCH3 is 1. The number of esters is 1. The van der Waals surface area contributed by atoms with Gasteiger partial charge in [-0.15, -0.1) is 0 Å². The van der Waals surface area contributed by atoms with E-state index < -0.39 is 5.97 Å². The molecule has 4 nitrogen and oxygen atoms in total. The third-order valence-electron chi connectivity index (χ3n) is 1.77. The summed E-state index contributed by atoms with van der Waals surface area (Å²) in [5, 5.41) is 0. The Labute approximate surface area is 82.9 Å². The molecule has 0 radical (unpaired) electrons. The van der Waals surface area contributed by atoms with E-state index in [0.29, 0.717) is 18.1 Å². The molecule has 0 atom stereocenters. The Morgan fingerprint density at radius 3 is 2.79 bits per heavy atom. The topological polar surface area (TPSA) is 48.4 Å². The molecule has 0 saturated carbocycles. The van der Waals surface area contributed by atoms with Gasteiger partial charge in [-0.25, -0.2) is 9.78 Å². The smallest absolute Gasteiger partial charge is 0.356 e. The molecule has 0 aromatic carbocycles. The van der Waals surface area contributed by atoms with Gasteiger partial charge in [-0.3, -0.25) is 0 Å². The van der Waals surface area contributed by atoms with Crippen molar-refractivity contribution in [3.63, 3.8) is 0 Å². The van der Waals surface area contributed by atoms with Crippen molar-refractivity contribution in [2.45, 2.75) is 13.8 Å². The van der Waals surface area contributed by atoms with Crippen molar-refractivity contribution in [2.24, 2.45) is 0 Å². The van der Waals surface area contributed by atoms with Gasteiger partial charge in [0.2, 0.25) is 0 Å². The molecule has 0 aliphatic carbocycles. The van der Waals surface area contributed by atoms with Crippen LogP contribution in [0.1, 0.15) is 23.0 Å². The summed E-state index contributed by atoms with van der Waals surface area (Å²) in [5.74, 6) is 0.260. The Balaban J connectivity index is 2.91. The van der Waals surface area contributed by atoms with Crippen LogP contribution < -0.4 is 4.74 Å². The van der Waals surface area contributed by atoms with Gasteiger partial charge in [0.15, 0.2) is 0 Å². The summed E-state index contributed by atoms with van der Waals surface area (Å²) in [6.45, 7) is 3.96. The number of ether oxygens (including phenoxy) is 2. The van der Waals surface area contributed by atoms with Gasteiger partial charge in [0, 0.05) is 0 Å². The first-order valence-electron chi connectivity index (χ1n) is 4.36. The highest BCUT2D eigenvalue weighted by Gasteiger charge is 2.09. The second kappa shape index (κ2) is 4.60. The molecule has 1 aromatic heterocycles. The summed E-state index contributed by atoms with van der Waals surface area (Å²) < 4.78 is 9.84. The summed E-state index contributed by atoms with van der Waals surface area (Å²) >= 11 is 0. The molecule has 14 heavy (non-hydrogen) atoms. The van der Waals surface area contributed by atoms with E-state index in [1.54, 1.807) is 20.1 Å². The third-order valence-corrected chi connectivity index (χ3v) is 1.77. The van der Waals surface area contributed by atoms with E-state index in [2.05, 4.69) is 4.98 Å². The highest BCUT2D eigenvalue weighted by molar-refractivity contribution is 5.87. The number of carbonyl (C=O) groups excluding carboxylic acids is 1. The van der Waals surface area contributed by atoms with E-state index in [1.807, 2.05) is 6.92 Å². The standard InChI is InChI=1S/C10H13NO3/c1-4-14-10(12)8-5-7(2)9(13-3)6-11-8/h5-6H,4H2,1-3H3. The van der Waals surface area contributed by atoms with E-state index in [0.717, 1.165) is 5.56 Å². The lowest BCUT2D eigenvalue weighted by atomic mass is 10.2. The fourth-order valence-electron chi connectivity index (χ4n) is 1.07. The van der Waals surface area contributed by atoms with Crippen LogP contribution in [0.3, 0.4) is 0 Å². The van der Waals surface area contributed by atoms with Crippen molar-refractivity contribution in [3.05, 3.63) is 23.5 Å². The lowest BCUT2D eigenvalue weighted by Crippen LogP contribution is -2.07. The fraction of sp³-hybridized carbons (Fsp3) is 0.400. The van der Waals surface area contributed by atoms with Gasteiger partial charge in [0.05, 0.1) is 19.9 Å². The number of aryl methyl sites for hydroxylation is 1. The number of pyridine rings is 1. The van der Waals surface area contributed by atoms with Crippen LogP contribution in [-0.4, -0.2) is 24.7 Å². The van der Waals surface area contributed by atoms with Crippen molar-refractivity contribution < 1.29 is 14.3 Å². The quantitative estimate of drug-likeness (QED) is 0.687. The summed E-state index contributed by atoms with van der Waals surface area (Å²) in [5.41, 5.74) is 1.18. The minimum Gasteiger partial charge on any atom is -0.495 e. The van der Waals surface area contributed by atoms with Crippen molar-refractivity contribution in [2.75, 3.05) is 13.7 Å². The molecule has 4 heteroatoms. The lowest BCUT2D eigenvalue weighted by molar-refractivity contribution is 0.0519. The van der Waals surface area contributed by atoms with Gasteiger partial charge >= 0.3 is 5.97 Å². The van der Waals surface area contributed by atoms with Gasteiger partial charge in [0.25, 0.3) is 0 Å². The lowest BCUT2D eigenvalue weighted by Gasteiger charge is -2.05. The predicted molar refractivity (Wildman–Crippen MR) is 51.5 cm³/mol. The van der Waals surface area contributed by atoms with Crippen molar-refractivity contribution in [1.82, 2.24) is 4.98 Å². The zero-order chi connectivity index (χ0) is 10.6. The minimum atomic E-state index is -0.404. The number of hydrogen-bond donors (Lipinski definition) is 0. The van der Waals surface area contributed by atoms with Crippen LogP contribution in [0, 0.1) is 6.92 Å². The normalized spacial score (nSPS) is 9.64. The molecule has 0 saturated heterocycles. The molecule has 0 aliphatic rings. The van der Waals surface area contributed by atoms with Crippen molar-refractivity contribution in [3.8, 4) is 5.75 Å². The highest BCUT2D eigenvalue weighted by Crippen LogP contribution is 2.16. The second-order valence-electron chi connectivity index (χ2n) is 2.76. The first-order chi connectivity index (χ1) is 6.69. The molecule has 0 N–H and O–H groups in total. The molecule has 76 valence electrons. The fourth-order valence-corrected chi connectivity index (χ4v) is 1.07. The number of rotatable bonds is 3. The minimum absolute atomic E-state index is 0.310. The van der Waals surface area contributed by atoms with E-state index in [1.165, 1.54) is 6.20 Å². The van der Waals surface area contributed by atoms with Crippen LogP contribution in [-0.2, 0) is 4.74 Å². The molecular weight excluding hydrogens is 182 g/mol. The molecule has 0 bridgehead atoms. The Hall–Kier alpha value is -1.58. The monoisotopic (exact) mass is 195 g/mol. The van der Waals surface area contributed by atoms with Crippen LogP contribution in [0.4, 0.5) is 0 Å². The maximum Gasteiger partial charge on any atom is 0.356 e. The molecule has 0 aliphatic heterocycles. The summed E-state index contributed by atoms with van der Waals surface area (Å²) in [6, 6.07) is 1.65. The van der Waals surface area contributed by atoms with Crippen LogP contribution in [0.5, 0.6) is 5.75 Å². The highest BCUT2D eigenvalue weighted by atomic mass is 16.5. The maximum absolute atomic E-state index is 11.3. The Morgan fingerprint density at radius 2 is 2.29 bits per heavy atom. The number of nitrogens with zero attached hydrogens (tertiary/aromatic N) is 1. The average molecular weight is 195 g/mol. The van der Waals surface area contributed by atoms with E-state index in [4.69, 9.17) is 9.47 Å². The first kappa shape index (κ1) is 10.5. The average Bonchev–Trinajstić information content (AvgIpc) is 2.18. The largest absolute Gasteiger partial charge is 0.495 e. The molecule has 1 aromatic rings. The van der Waals surface area contributed by atoms with Crippen LogP contribution in [0.25, 0.3) is 0 Å². The summed E-state index contributed by atoms with van der Waals surface area (Å²) in [6.07, 6.45) is 1.52. The molecule has 0 amide bonds. The predicted octanol–water partition coefficient (Wildman–Crippen LogP) is 1.58. The van der Waals surface area contributed by atoms with Crippen molar-refractivity contribution in [1.29, 1.82) is 0 Å². The first-order valence-corrected chi connectivity index (χ1v) is 4.36. The van der Waals surface area contributed by atoms with Crippen LogP contribution in [0.15, 0.2) is 12.3 Å². The van der Waals surface area contributed by atoms with Gasteiger partial charge in [-0.05, 0) is 25.5 Å². The van der Waals surface area contributed by atoms with Crippen LogP contribution >= 0.6 is 0 Å².